The second-order valence-electron chi connectivity index (χ2n) is 8.25. The molecule has 182 valence electrons. The van der Waals surface area contributed by atoms with Gasteiger partial charge in [0.25, 0.3) is 0 Å². The Morgan fingerprint density at radius 1 is 1.26 bits per heavy atom. The van der Waals surface area contributed by atoms with E-state index < -0.39 is 24.0 Å². The Hall–Kier alpha value is -2.85. The zero-order valence-electron chi connectivity index (χ0n) is 18.5. The average Bonchev–Trinajstić information content (AvgIpc) is 2.77. The molecule has 34 heavy (non-hydrogen) atoms. The number of nitrogens with zero attached hydrogens (tertiary/aromatic N) is 1. The standard InChI is InChI=1S/C23H26Cl2N4O5/c1-29-11-18(17-8-14(24)9-20(25)19(17)12-29)13-3-2-4-15(7-13)27-23(33)28-16(10-21(30)31)5-6-22(32)34-26/h2-4,7-9,16,18H,5-6,10-12,26H2,1H3,(H,30,31)(H2,27,28,33)/t16-,18+/m0/s1. The number of nitrogens with one attached hydrogen (secondary N) is 2. The van der Waals surface area contributed by atoms with Gasteiger partial charge < -0.3 is 25.5 Å². The highest BCUT2D eigenvalue weighted by Gasteiger charge is 2.27. The molecular formula is C23H26Cl2N4O5. The van der Waals surface area contributed by atoms with E-state index in [9.17, 15) is 14.4 Å². The molecule has 3 rings (SSSR count). The summed E-state index contributed by atoms with van der Waals surface area (Å²) in [5, 5.41) is 15.6. The first-order valence-electron chi connectivity index (χ1n) is 10.6. The third-order valence-electron chi connectivity index (χ3n) is 5.62. The second-order valence-corrected chi connectivity index (χ2v) is 9.10. The summed E-state index contributed by atoms with van der Waals surface area (Å²) in [5.74, 6) is 3.01. The highest BCUT2D eigenvalue weighted by atomic mass is 35.5. The number of rotatable bonds is 8. The molecule has 0 saturated heterocycles. The Kier molecular flexibility index (Phi) is 8.73. The summed E-state index contributed by atoms with van der Waals surface area (Å²) < 4.78 is 0. The fraction of sp³-hybridized carbons (Fsp3) is 0.348. The van der Waals surface area contributed by atoms with Crippen LogP contribution in [0, 0.1) is 0 Å². The Balaban J connectivity index is 1.75. The number of fused-ring (bicyclic) bond motifs is 1. The van der Waals surface area contributed by atoms with Gasteiger partial charge in [-0.05, 0) is 54.4 Å². The number of carboxylic acid groups (broad SMARTS) is 1. The molecule has 1 aliphatic rings. The molecule has 2 atom stereocenters. The molecule has 1 aliphatic heterocycles. The number of benzene rings is 2. The minimum atomic E-state index is -1.11. The lowest BCUT2D eigenvalue weighted by Gasteiger charge is -2.33. The predicted octanol–water partition coefficient (Wildman–Crippen LogP) is 3.73. The van der Waals surface area contributed by atoms with Crippen molar-refractivity contribution in [2.24, 2.45) is 5.90 Å². The average molecular weight is 509 g/mol. The van der Waals surface area contributed by atoms with Crippen molar-refractivity contribution < 1.29 is 24.3 Å². The number of urea groups is 1. The Morgan fingerprint density at radius 2 is 2.03 bits per heavy atom. The quantitative estimate of drug-likeness (QED) is 0.399. The van der Waals surface area contributed by atoms with Gasteiger partial charge in [0.15, 0.2) is 0 Å². The van der Waals surface area contributed by atoms with Gasteiger partial charge in [0.2, 0.25) is 0 Å². The predicted molar refractivity (Wildman–Crippen MR) is 129 cm³/mol. The van der Waals surface area contributed by atoms with Crippen molar-refractivity contribution in [2.45, 2.75) is 37.8 Å². The highest BCUT2D eigenvalue weighted by Crippen LogP contribution is 2.38. The molecule has 2 aromatic carbocycles. The largest absolute Gasteiger partial charge is 0.481 e. The van der Waals surface area contributed by atoms with Gasteiger partial charge in [-0.1, -0.05) is 35.3 Å². The van der Waals surface area contributed by atoms with Gasteiger partial charge in [-0.2, -0.15) is 5.90 Å². The number of amides is 2. The van der Waals surface area contributed by atoms with Gasteiger partial charge in [0, 0.05) is 47.2 Å². The molecule has 0 aliphatic carbocycles. The van der Waals surface area contributed by atoms with Crippen LogP contribution in [0.3, 0.4) is 0 Å². The zero-order chi connectivity index (χ0) is 24.8. The Morgan fingerprint density at radius 3 is 2.74 bits per heavy atom. The number of nitrogens with two attached hydrogens (primary N) is 1. The van der Waals surface area contributed by atoms with E-state index in [2.05, 4.69) is 20.4 Å². The van der Waals surface area contributed by atoms with Gasteiger partial charge in [0.1, 0.15) is 0 Å². The van der Waals surface area contributed by atoms with Crippen LogP contribution in [0.15, 0.2) is 36.4 Å². The SMILES string of the molecule is CN1Cc2c(Cl)cc(Cl)cc2[C@@H](c2cccc(NC(=O)N[C@@H](CCC(=O)ON)CC(=O)O)c2)C1. The summed E-state index contributed by atoms with van der Waals surface area (Å²) in [6, 6.07) is 9.70. The number of carboxylic acids is 1. The molecule has 0 unspecified atom stereocenters. The molecule has 2 aromatic rings. The fourth-order valence-electron chi connectivity index (χ4n) is 4.10. The maximum Gasteiger partial charge on any atom is 0.324 e. The van der Waals surface area contributed by atoms with Gasteiger partial charge in [0.05, 0.1) is 6.42 Å². The lowest BCUT2D eigenvalue weighted by Crippen LogP contribution is -2.39. The van der Waals surface area contributed by atoms with E-state index in [1.165, 1.54) is 0 Å². The molecule has 0 bridgehead atoms. The second kappa shape index (κ2) is 11.5. The summed E-state index contributed by atoms with van der Waals surface area (Å²) in [7, 11) is 2.01. The van der Waals surface area contributed by atoms with Gasteiger partial charge in [-0.25, -0.2) is 4.79 Å². The normalized spacial score (nSPS) is 16.3. The highest BCUT2D eigenvalue weighted by molar-refractivity contribution is 6.35. The van der Waals surface area contributed by atoms with Crippen LogP contribution >= 0.6 is 23.2 Å². The topological polar surface area (TPSA) is 134 Å². The summed E-state index contributed by atoms with van der Waals surface area (Å²) in [6.45, 7) is 1.46. The van der Waals surface area contributed by atoms with E-state index in [0.717, 1.165) is 23.2 Å². The first-order chi connectivity index (χ1) is 16.2. The minimum absolute atomic E-state index is 0.00297. The molecule has 9 nitrogen and oxygen atoms in total. The van der Waals surface area contributed by atoms with Crippen molar-refractivity contribution in [3.8, 4) is 0 Å². The van der Waals surface area contributed by atoms with Crippen molar-refractivity contribution in [1.82, 2.24) is 10.2 Å². The van der Waals surface area contributed by atoms with Crippen molar-refractivity contribution >= 4 is 46.9 Å². The summed E-state index contributed by atoms with van der Waals surface area (Å²) in [5.41, 5.74) is 3.57. The molecule has 5 N–H and O–H groups in total. The number of aliphatic carboxylic acids is 1. The third kappa shape index (κ3) is 6.83. The minimum Gasteiger partial charge on any atom is -0.481 e. The Bertz CT molecular complexity index is 1080. The van der Waals surface area contributed by atoms with Crippen LogP contribution in [0.5, 0.6) is 0 Å². The van der Waals surface area contributed by atoms with Crippen LogP contribution in [0.1, 0.15) is 41.9 Å². The summed E-state index contributed by atoms with van der Waals surface area (Å²) in [6.07, 6.45) is -0.398. The number of carbonyl (C=O) groups excluding carboxylic acids is 2. The maximum absolute atomic E-state index is 12.5. The molecule has 11 heteroatoms. The van der Waals surface area contributed by atoms with Crippen LogP contribution in [0.4, 0.5) is 10.5 Å². The lowest BCUT2D eigenvalue weighted by molar-refractivity contribution is -0.145. The van der Waals surface area contributed by atoms with E-state index in [0.29, 0.717) is 22.3 Å². The molecule has 0 fully saturated rings. The zero-order valence-corrected chi connectivity index (χ0v) is 20.0. The van der Waals surface area contributed by atoms with Crippen molar-refractivity contribution in [2.75, 3.05) is 18.9 Å². The van der Waals surface area contributed by atoms with Crippen LogP contribution in [-0.2, 0) is 21.0 Å². The molecule has 2 amide bonds. The van der Waals surface area contributed by atoms with Crippen molar-refractivity contribution in [1.29, 1.82) is 0 Å². The molecule has 1 heterocycles. The number of carbonyl (C=O) groups is 3. The molecule has 0 radical (unpaired) electrons. The number of hydrogen-bond donors (Lipinski definition) is 4. The third-order valence-corrected chi connectivity index (χ3v) is 6.18. The van der Waals surface area contributed by atoms with Crippen LogP contribution < -0.4 is 16.5 Å². The van der Waals surface area contributed by atoms with Gasteiger partial charge in [-0.3, -0.25) is 9.59 Å². The number of hydrogen-bond acceptors (Lipinski definition) is 6. The molecule has 0 saturated carbocycles. The van der Waals surface area contributed by atoms with E-state index >= 15 is 0 Å². The lowest BCUT2D eigenvalue weighted by atomic mass is 9.84. The summed E-state index contributed by atoms with van der Waals surface area (Å²) in [4.78, 5) is 41.2. The van der Waals surface area contributed by atoms with Crippen LogP contribution in [-0.4, -0.2) is 47.6 Å². The van der Waals surface area contributed by atoms with E-state index in [1.54, 1.807) is 12.1 Å². The van der Waals surface area contributed by atoms with E-state index in [1.807, 2.05) is 31.3 Å². The molecule has 0 aromatic heterocycles. The van der Waals surface area contributed by atoms with Gasteiger partial charge >= 0.3 is 18.0 Å². The fourth-order valence-corrected chi connectivity index (χ4v) is 4.67. The first kappa shape index (κ1) is 25.8. The van der Waals surface area contributed by atoms with Gasteiger partial charge in [-0.15, -0.1) is 0 Å². The number of halogens is 2. The number of likely N-dealkylation sites (N-methyl/N-ethyl adjacent to an activating group) is 1. The maximum atomic E-state index is 12.5. The van der Waals surface area contributed by atoms with Crippen molar-refractivity contribution in [3.63, 3.8) is 0 Å². The first-order valence-corrected chi connectivity index (χ1v) is 11.4. The number of anilines is 1. The summed E-state index contributed by atoms with van der Waals surface area (Å²) >= 11 is 12.7. The van der Waals surface area contributed by atoms with Crippen molar-refractivity contribution in [3.05, 3.63) is 63.1 Å². The monoisotopic (exact) mass is 508 g/mol. The van der Waals surface area contributed by atoms with Crippen LogP contribution in [0.25, 0.3) is 0 Å². The smallest absolute Gasteiger partial charge is 0.324 e. The molecule has 0 spiro atoms. The van der Waals surface area contributed by atoms with Crippen LogP contribution in [0.2, 0.25) is 10.0 Å². The van der Waals surface area contributed by atoms with E-state index in [4.69, 9.17) is 34.2 Å². The Labute approximate surface area is 207 Å². The molecular weight excluding hydrogens is 483 g/mol. The van der Waals surface area contributed by atoms with E-state index in [-0.39, 0.29) is 25.2 Å².